The van der Waals surface area contributed by atoms with Crippen LogP contribution in [0.15, 0.2) is 11.6 Å². The Hall–Kier alpha value is -0.400. The van der Waals surface area contributed by atoms with Crippen molar-refractivity contribution in [2.75, 3.05) is 5.75 Å². The molecule has 0 aliphatic heterocycles. The first-order valence-corrected chi connectivity index (χ1v) is 13.1. The number of Topliss-reactive ketones (excluding diaryl/α,β-unsaturated/α-hetero) is 1. The summed E-state index contributed by atoms with van der Waals surface area (Å²) < 4.78 is 44.7. The highest BCUT2D eigenvalue weighted by Gasteiger charge is 2.57. The molecule has 3 fully saturated rings. The largest absolute Gasteiger partial charge is 0.320 e. The van der Waals surface area contributed by atoms with Crippen molar-refractivity contribution < 1.29 is 22.2 Å². The average Bonchev–Trinajstić information content (AvgIpc) is 2.96. The molecule has 0 radical (unpaired) electrons. The van der Waals surface area contributed by atoms with Crippen molar-refractivity contribution in [2.45, 2.75) is 64.5 Å². The van der Waals surface area contributed by atoms with Gasteiger partial charge in [-0.3, -0.25) is 9.35 Å². The van der Waals surface area contributed by atoms with Crippen molar-refractivity contribution in [2.24, 2.45) is 35.0 Å². The summed E-state index contributed by atoms with van der Waals surface area (Å²) in [5.74, 6) is 1.91. The van der Waals surface area contributed by atoms with Crippen molar-refractivity contribution in [1.29, 1.82) is 0 Å². The number of alkyl halides is 1. The predicted molar refractivity (Wildman–Crippen MR) is 104 cm³/mol. The van der Waals surface area contributed by atoms with Gasteiger partial charge in [0.25, 0.3) is 0 Å². The Morgan fingerprint density at radius 2 is 2.04 bits per heavy atom. The number of hydrogen-bond acceptors (Lipinski definition) is 4. The molecule has 4 aliphatic rings. The number of carbonyl (C=O) groups is 1. The van der Waals surface area contributed by atoms with Gasteiger partial charge in [-0.2, -0.15) is 8.42 Å². The number of hydrogen-bond donors (Lipinski definition) is 1. The lowest BCUT2D eigenvalue weighted by Crippen LogP contribution is -2.47. The van der Waals surface area contributed by atoms with Gasteiger partial charge in [-0.05, 0) is 80.5 Å². The molecule has 7 heteroatoms. The molecule has 4 rings (SSSR count). The molecule has 0 amide bonds. The summed E-state index contributed by atoms with van der Waals surface area (Å²) in [6, 6.07) is 0. The summed E-state index contributed by atoms with van der Waals surface area (Å²) in [6.45, 7) is 2.22. The van der Waals surface area contributed by atoms with Crippen LogP contribution in [0.4, 0.5) is 4.39 Å². The maximum Gasteiger partial charge on any atom is 0.320 e. The molecular formula is C20H29FO4S2. The number of fused-ring (bicyclic) bond motifs is 5. The minimum atomic E-state index is -4.18. The second kappa shape index (κ2) is 7.13. The Morgan fingerprint density at radius 1 is 1.26 bits per heavy atom. The number of carbonyl (C=O) groups excluding carboxylic acids is 1. The molecule has 0 aromatic heterocycles. The van der Waals surface area contributed by atoms with Crippen LogP contribution in [0.2, 0.25) is 0 Å². The molecule has 152 valence electrons. The highest BCUT2D eigenvalue weighted by atomic mass is 33.1. The van der Waals surface area contributed by atoms with Gasteiger partial charge in [0.1, 0.15) is 12.0 Å². The quantitative estimate of drug-likeness (QED) is 0.411. The summed E-state index contributed by atoms with van der Waals surface area (Å²) in [6.07, 6.45) is 8.81. The van der Waals surface area contributed by atoms with E-state index in [0.717, 1.165) is 38.5 Å². The third-order valence-electron chi connectivity index (χ3n) is 8.12. The summed E-state index contributed by atoms with van der Waals surface area (Å²) in [4.78, 5) is 12.7. The van der Waals surface area contributed by atoms with Crippen LogP contribution in [0.25, 0.3) is 0 Å². The Morgan fingerprint density at radius 3 is 2.78 bits per heavy atom. The number of rotatable bonds is 4. The second-order valence-corrected chi connectivity index (χ2v) is 12.6. The smallest absolute Gasteiger partial charge is 0.298 e. The molecule has 7 atom stereocenters. The maximum atomic E-state index is 13.8. The average molecular weight is 417 g/mol. The van der Waals surface area contributed by atoms with Crippen molar-refractivity contribution in [3.8, 4) is 0 Å². The van der Waals surface area contributed by atoms with E-state index in [1.54, 1.807) is 0 Å². The zero-order chi connectivity index (χ0) is 19.4. The Kier molecular flexibility index (Phi) is 5.26. The monoisotopic (exact) mass is 416 g/mol. The van der Waals surface area contributed by atoms with E-state index in [1.807, 2.05) is 0 Å². The predicted octanol–water partition coefficient (Wildman–Crippen LogP) is 4.62. The van der Waals surface area contributed by atoms with E-state index in [-0.39, 0.29) is 22.9 Å². The minimum Gasteiger partial charge on any atom is -0.298 e. The van der Waals surface area contributed by atoms with E-state index in [9.17, 15) is 17.6 Å². The van der Waals surface area contributed by atoms with Gasteiger partial charge in [-0.15, -0.1) is 0 Å². The molecule has 27 heavy (non-hydrogen) atoms. The van der Waals surface area contributed by atoms with Crippen molar-refractivity contribution >= 4 is 25.7 Å². The molecule has 0 aromatic rings. The van der Waals surface area contributed by atoms with Gasteiger partial charge < -0.3 is 0 Å². The van der Waals surface area contributed by atoms with E-state index < -0.39 is 15.3 Å². The molecule has 4 aliphatic carbocycles. The molecule has 0 saturated heterocycles. The van der Waals surface area contributed by atoms with Gasteiger partial charge in [0.15, 0.2) is 0 Å². The van der Waals surface area contributed by atoms with Gasteiger partial charge >= 0.3 is 9.15 Å². The third-order valence-corrected chi connectivity index (χ3v) is 10.1. The lowest BCUT2D eigenvalue weighted by Gasteiger charge is -2.53. The number of halogens is 1. The SMILES string of the molecule is CC12CCC3C4CC[C@H](F)CC4=CCC3C1CCC2C(=O)CSS(=O)(=O)O. The lowest BCUT2D eigenvalue weighted by atomic mass is 9.51. The molecule has 4 nitrogen and oxygen atoms in total. The number of ketones is 1. The summed E-state index contributed by atoms with van der Waals surface area (Å²) in [7, 11) is -3.84. The third kappa shape index (κ3) is 3.64. The molecule has 3 saturated carbocycles. The zero-order valence-electron chi connectivity index (χ0n) is 15.8. The molecule has 0 heterocycles. The molecule has 6 unspecified atom stereocenters. The van der Waals surface area contributed by atoms with Crippen molar-refractivity contribution in [3.63, 3.8) is 0 Å². The van der Waals surface area contributed by atoms with E-state index in [2.05, 4.69) is 13.0 Å². The molecular weight excluding hydrogens is 387 g/mol. The molecule has 0 bridgehead atoms. The van der Waals surface area contributed by atoms with Crippen molar-refractivity contribution in [3.05, 3.63) is 11.6 Å². The highest BCUT2D eigenvalue weighted by molar-refractivity contribution is 8.70. The Bertz CT molecular complexity index is 749. The van der Waals surface area contributed by atoms with Crippen LogP contribution in [0.1, 0.15) is 58.3 Å². The highest BCUT2D eigenvalue weighted by Crippen LogP contribution is 2.63. The Labute approximate surface area is 164 Å². The van der Waals surface area contributed by atoms with Crippen LogP contribution >= 0.6 is 10.8 Å². The first kappa shape index (κ1) is 19.9. The van der Waals surface area contributed by atoms with Gasteiger partial charge in [-0.25, -0.2) is 4.39 Å². The van der Waals surface area contributed by atoms with Crippen molar-refractivity contribution in [1.82, 2.24) is 0 Å². The first-order valence-electron chi connectivity index (χ1n) is 10.2. The normalized spacial score (nSPS) is 44.0. The fraction of sp³-hybridized carbons (Fsp3) is 0.850. The van der Waals surface area contributed by atoms with Crippen LogP contribution in [-0.2, 0) is 13.9 Å². The fourth-order valence-electron chi connectivity index (χ4n) is 6.98. The van der Waals surface area contributed by atoms with Crippen LogP contribution in [0.5, 0.6) is 0 Å². The Balaban J connectivity index is 1.50. The summed E-state index contributed by atoms with van der Waals surface area (Å²) in [5, 5.41) is 0. The molecule has 1 N–H and O–H groups in total. The topological polar surface area (TPSA) is 71.4 Å². The lowest BCUT2D eigenvalue weighted by molar-refractivity contribution is -0.126. The van der Waals surface area contributed by atoms with Crippen LogP contribution in [-0.4, -0.2) is 30.7 Å². The van der Waals surface area contributed by atoms with E-state index in [1.165, 1.54) is 5.57 Å². The van der Waals surface area contributed by atoms with E-state index >= 15 is 0 Å². The second-order valence-electron chi connectivity index (χ2n) is 9.26. The van der Waals surface area contributed by atoms with E-state index in [0.29, 0.717) is 47.3 Å². The van der Waals surface area contributed by atoms with Gasteiger partial charge in [0.2, 0.25) is 0 Å². The summed E-state index contributed by atoms with van der Waals surface area (Å²) in [5.41, 5.74) is 1.27. The first-order chi connectivity index (χ1) is 12.7. The number of allylic oxidation sites excluding steroid dienone is 2. The fourth-order valence-corrected chi connectivity index (χ4v) is 8.25. The standard InChI is InChI=1S/C20H29FO4S2/c1-20-9-8-15-14-5-3-13(21)10-12(14)2-4-16(15)17(20)6-7-18(20)19(22)11-26-27(23,24)25/h2,13-18H,3-11H2,1H3,(H,23,24,25)/t13-,14?,15?,16?,17?,18?,20?/m0/s1. The zero-order valence-corrected chi connectivity index (χ0v) is 17.4. The van der Waals surface area contributed by atoms with Gasteiger partial charge in [0.05, 0.1) is 5.75 Å². The van der Waals surface area contributed by atoms with Crippen LogP contribution < -0.4 is 0 Å². The summed E-state index contributed by atoms with van der Waals surface area (Å²) >= 11 is 0. The van der Waals surface area contributed by atoms with Gasteiger partial charge in [-0.1, -0.05) is 18.6 Å². The molecule has 0 aromatic carbocycles. The van der Waals surface area contributed by atoms with Gasteiger partial charge in [0, 0.05) is 16.7 Å². The molecule has 0 spiro atoms. The van der Waals surface area contributed by atoms with Crippen LogP contribution in [0, 0.1) is 35.0 Å². The minimum absolute atomic E-state index is 0.0361. The van der Waals surface area contributed by atoms with Crippen LogP contribution in [0.3, 0.4) is 0 Å². The van der Waals surface area contributed by atoms with E-state index in [4.69, 9.17) is 4.55 Å². The maximum absolute atomic E-state index is 13.8.